The molecule has 2 rings (SSSR count). The van der Waals surface area contributed by atoms with Crippen LogP contribution < -0.4 is 10.1 Å². The van der Waals surface area contributed by atoms with Crippen molar-refractivity contribution in [1.29, 1.82) is 0 Å². The van der Waals surface area contributed by atoms with E-state index in [1.807, 2.05) is 6.07 Å². The number of rotatable bonds is 7. The quantitative estimate of drug-likeness (QED) is 0.825. The average Bonchev–Trinajstić information content (AvgIpc) is 2.52. The number of aromatic nitrogens is 2. The maximum atomic E-state index is 5.47. The number of hydrogen-bond donors (Lipinski definition) is 1. The minimum atomic E-state index is 0.457. The number of ether oxygens (including phenoxy) is 2. The van der Waals surface area contributed by atoms with E-state index in [1.165, 1.54) is 0 Å². The Bertz CT molecular complexity index is 394. The van der Waals surface area contributed by atoms with Crippen LogP contribution in [0.1, 0.15) is 31.9 Å². The lowest BCUT2D eigenvalue weighted by molar-refractivity contribution is 0.0536. The van der Waals surface area contributed by atoms with E-state index in [9.17, 15) is 0 Å². The van der Waals surface area contributed by atoms with Gasteiger partial charge < -0.3 is 14.8 Å². The summed E-state index contributed by atoms with van der Waals surface area (Å²) >= 11 is 0. The maximum Gasteiger partial charge on any atom is 0.216 e. The highest BCUT2D eigenvalue weighted by atomic mass is 16.5. The smallest absolute Gasteiger partial charge is 0.216 e. The Morgan fingerprint density at radius 3 is 2.90 bits per heavy atom. The molecule has 0 spiro atoms. The SMILES string of the molecule is CCCNC(Cc1cc(OC)ncn1)C1CCOCC1. The van der Waals surface area contributed by atoms with Crippen molar-refractivity contribution in [2.45, 2.75) is 38.6 Å². The van der Waals surface area contributed by atoms with Crippen LogP contribution in [0.5, 0.6) is 5.88 Å². The predicted molar refractivity (Wildman–Crippen MR) is 77.9 cm³/mol. The molecule has 0 saturated carbocycles. The minimum absolute atomic E-state index is 0.457. The van der Waals surface area contributed by atoms with Crippen molar-refractivity contribution in [2.75, 3.05) is 26.9 Å². The second kappa shape index (κ2) is 8.17. The Balaban J connectivity index is 2.01. The topological polar surface area (TPSA) is 56.3 Å². The molecular formula is C15H25N3O2. The van der Waals surface area contributed by atoms with Gasteiger partial charge in [-0.2, -0.15) is 0 Å². The molecule has 1 atom stereocenters. The van der Waals surface area contributed by atoms with Crippen molar-refractivity contribution in [3.05, 3.63) is 18.1 Å². The Morgan fingerprint density at radius 1 is 1.40 bits per heavy atom. The predicted octanol–water partition coefficient (Wildman–Crippen LogP) is 1.82. The average molecular weight is 279 g/mol. The van der Waals surface area contributed by atoms with Crippen LogP contribution in [0, 0.1) is 5.92 Å². The molecule has 112 valence electrons. The summed E-state index contributed by atoms with van der Waals surface area (Å²) < 4.78 is 10.6. The highest BCUT2D eigenvalue weighted by molar-refractivity contribution is 5.14. The third-order valence-corrected chi connectivity index (χ3v) is 3.83. The van der Waals surface area contributed by atoms with Gasteiger partial charge in [0.25, 0.3) is 0 Å². The van der Waals surface area contributed by atoms with Crippen LogP contribution in [0.3, 0.4) is 0 Å². The zero-order valence-corrected chi connectivity index (χ0v) is 12.5. The van der Waals surface area contributed by atoms with Gasteiger partial charge in [-0.1, -0.05) is 6.92 Å². The van der Waals surface area contributed by atoms with Crippen molar-refractivity contribution < 1.29 is 9.47 Å². The van der Waals surface area contributed by atoms with Gasteiger partial charge in [-0.15, -0.1) is 0 Å². The van der Waals surface area contributed by atoms with E-state index in [-0.39, 0.29) is 0 Å². The molecule has 5 nitrogen and oxygen atoms in total. The summed E-state index contributed by atoms with van der Waals surface area (Å²) in [4.78, 5) is 8.43. The van der Waals surface area contributed by atoms with Crippen molar-refractivity contribution >= 4 is 0 Å². The van der Waals surface area contributed by atoms with Gasteiger partial charge in [0.15, 0.2) is 0 Å². The van der Waals surface area contributed by atoms with E-state index in [0.29, 0.717) is 17.8 Å². The van der Waals surface area contributed by atoms with E-state index in [2.05, 4.69) is 22.2 Å². The Labute approximate surface area is 121 Å². The van der Waals surface area contributed by atoms with Crippen LogP contribution in [0.15, 0.2) is 12.4 Å². The fourth-order valence-corrected chi connectivity index (χ4v) is 2.68. The van der Waals surface area contributed by atoms with E-state index < -0.39 is 0 Å². The van der Waals surface area contributed by atoms with E-state index in [1.54, 1.807) is 13.4 Å². The van der Waals surface area contributed by atoms with Crippen molar-refractivity contribution in [3.8, 4) is 5.88 Å². The third-order valence-electron chi connectivity index (χ3n) is 3.83. The molecule has 0 bridgehead atoms. The summed E-state index contributed by atoms with van der Waals surface area (Å²) in [6.45, 7) is 5.00. The van der Waals surface area contributed by atoms with Crippen LogP contribution in [-0.4, -0.2) is 42.9 Å². The van der Waals surface area contributed by atoms with Crippen molar-refractivity contribution in [3.63, 3.8) is 0 Å². The molecule has 0 aliphatic carbocycles. The number of nitrogens with zero attached hydrogens (tertiary/aromatic N) is 2. The second-order valence-corrected chi connectivity index (χ2v) is 5.27. The summed E-state index contributed by atoms with van der Waals surface area (Å²) in [6, 6.07) is 2.39. The van der Waals surface area contributed by atoms with Gasteiger partial charge in [-0.25, -0.2) is 9.97 Å². The second-order valence-electron chi connectivity index (χ2n) is 5.27. The van der Waals surface area contributed by atoms with Gasteiger partial charge in [-0.3, -0.25) is 0 Å². The summed E-state index contributed by atoms with van der Waals surface area (Å²) in [6.07, 6.45) is 5.90. The van der Waals surface area contributed by atoms with Crippen molar-refractivity contribution in [2.24, 2.45) is 5.92 Å². The van der Waals surface area contributed by atoms with Crippen molar-refractivity contribution in [1.82, 2.24) is 15.3 Å². The minimum Gasteiger partial charge on any atom is -0.481 e. The van der Waals surface area contributed by atoms with E-state index >= 15 is 0 Å². The Hall–Kier alpha value is -1.20. The molecule has 0 amide bonds. The molecule has 1 fully saturated rings. The van der Waals surface area contributed by atoms with E-state index in [0.717, 1.165) is 51.1 Å². The zero-order chi connectivity index (χ0) is 14.2. The molecule has 5 heteroatoms. The number of hydrogen-bond acceptors (Lipinski definition) is 5. The number of methoxy groups -OCH3 is 1. The fraction of sp³-hybridized carbons (Fsp3) is 0.733. The molecule has 0 radical (unpaired) electrons. The maximum absolute atomic E-state index is 5.47. The summed E-state index contributed by atoms with van der Waals surface area (Å²) in [5, 5.41) is 3.67. The molecule has 1 aromatic heterocycles. The fourth-order valence-electron chi connectivity index (χ4n) is 2.68. The van der Waals surface area contributed by atoms with Crippen LogP contribution >= 0.6 is 0 Å². The third kappa shape index (κ3) is 4.42. The first-order valence-electron chi connectivity index (χ1n) is 7.49. The number of nitrogens with one attached hydrogen (secondary N) is 1. The lowest BCUT2D eigenvalue weighted by atomic mass is 9.88. The largest absolute Gasteiger partial charge is 0.481 e. The van der Waals surface area contributed by atoms with Crippen LogP contribution in [0.2, 0.25) is 0 Å². The molecular weight excluding hydrogens is 254 g/mol. The van der Waals surface area contributed by atoms with Gasteiger partial charge >= 0.3 is 0 Å². The Kier molecular flexibility index (Phi) is 6.21. The van der Waals surface area contributed by atoms with Crippen LogP contribution in [0.4, 0.5) is 0 Å². The lowest BCUT2D eigenvalue weighted by Gasteiger charge is -2.31. The summed E-state index contributed by atoms with van der Waals surface area (Å²) in [5.41, 5.74) is 1.04. The first-order valence-corrected chi connectivity index (χ1v) is 7.49. The Morgan fingerprint density at radius 2 is 2.20 bits per heavy atom. The molecule has 1 aromatic rings. The first kappa shape index (κ1) is 15.2. The lowest BCUT2D eigenvalue weighted by Crippen LogP contribution is -2.41. The summed E-state index contributed by atoms with van der Waals surface area (Å²) in [7, 11) is 1.64. The molecule has 0 aromatic carbocycles. The highest BCUT2D eigenvalue weighted by Gasteiger charge is 2.24. The molecule has 1 unspecified atom stereocenters. The molecule has 1 aliphatic heterocycles. The first-order chi connectivity index (χ1) is 9.83. The molecule has 20 heavy (non-hydrogen) atoms. The highest BCUT2D eigenvalue weighted by Crippen LogP contribution is 2.21. The van der Waals surface area contributed by atoms with Crippen LogP contribution in [-0.2, 0) is 11.2 Å². The molecule has 2 heterocycles. The van der Waals surface area contributed by atoms with E-state index in [4.69, 9.17) is 9.47 Å². The monoisotopic (exact) mass is 279 g/mol. The van der Waals surface area contributed by atoms with Gasteiger partial charge in [0, 0.05) is 37.4 Å². The normalized spacial score (nSPS) is 17.9. The molecule has 1 saturated heterocycles. The summed E-state index contributed by atoms with van der Waals surface area (Å²) in [5.74, 6) is 1.30. The van der Waals surface area contributed by atoms with Crippen LogP contribution in [0.25, 0.3) is 0 Å². The standard InChI is InChI=1S/C15H25N3O2/c1-3-6-16-14(12-4-7-20-8-5-12)9-13-10-15(19-2)18-11-17-13/h10-12,14,16H,3-9H2,1-2H3. The van der Waals surface area contributed by atoms with Gasteiger partial charge in [0.05, 0.1) is 7.11 Å². The molecule has 1 aliphatic rings. The van der Waals surface area contributed by atoms with Gasteiger partial charge in [0.1, 0.15) is 6.33 Å². The zero-order valence-electron chi connectivity index (χ0n) is 12.5. The van der Waals surface area contributed by atoms with Gasteiger partial charge in [0.2, 0.25) is 5.88 Å². The van der Waals surface area contributed by atoms with Gasteiger partial charge in [-0.05, 0) is 31.7 Å². The molecule has 1 N–H and O–H groups in total.